The van der Waals surface area contributed by atoms with Gasteiger partial charge < -0.3 is 14.7 Å². The fraction of sp³-hybridized carbons (Fsp3) is 0.733. The van der Waals surface area contributed by atoms with Gasteiger partial charge in [0.25, 0.3) is 0 Å². The topological polar surface area (TPSA) is 58.5 Å². The molecule has 0 bridgehead atoms. The van der Waals surface area contributed by atoms with E-state index in [0.717, 1.165) is 49.7 Å². The molecule has 0 unspecified atom stereocenters. The van der Waals surface area contributed by atoms with Crippen molar-refractivity contribution in [3.63, 3.8) is 0 Å². The smallest absolute Gasteiger partial charge is 0.225 e. The molecule has 5 nitrogen and oxygen atoms in total. The van der Waals surface area contributed by atoms with E-state index in [4.69, 9.17) is 4.74 Å². The van der Waals surface area contributed by atoms with E-state index in [-0.39, 0.29) is 12.0 Å². The van der Waals surface area contributed by atoms with Gasteiger partial charge in [-0.25, -0.2) is 9.97 Å². The molecule has 5 heteroatoms. The third-order valence-electron chi connectivity index (χ3n) is 4.09. The second-order valence-corrected chi connectivity index (χ2v) is 5.88. The van der Waals surface area contributed by atoms with E-state index in [0.29, 0.717) is 6.61 Å². The average molecular weight is 279 g/mol. The molecule has 20 heavy (non-hydrogen) atoms. The summed E-state index contributed by atoms with van der Waals surface area (Å²) < 4.78 is 5.19. The number of anilines is 1. The lowest BCUT2D eigenvalue weighted by atomic mass is 9.78. The minimum atomic E-state index is -0.0880. The Morgan fingerprint density at radius 1 is 1.35 bits per heavy atom. The van der Waals surface area contributed by atoms with E-state index < -0.39 is 0 Å². The fourth-order valence-electron chi connectivity index (χ4n) is 2.96. The molecule has 2 heterocycles. The maximum absolute atomic E-state index is 9.82. The second-order valence-electron chi connectivity index (χ2n) is 5.88. The van der Waals surface area contributed by atoms with E-state index in [2.05, 4.69) is 14.9 Å². The van der Waals surface area contributed by atoms with Gasteiger partial charge in [0, 0.05) is 43.6 Å². The van der Waals surface area contributed by atoms with Crippen molar-refractivity contribution in [1.82, 2.24) is 9.97 Å². The summed E-state index contributed by atoms with van der Waals surface area (Å²) in [7, 11) is 1.71. The zero-order valence-electron chi connectivity index (χ0n) is 12.7. The largest absolute Gasteiger partial charge is 0.396 e. The molecule has 0 saturated carbocycles. The van der Waals surface area contributed by atoms with Crippen LogP contribution in [-0.2, 0) is 4.74 Å². The number of aryl methyl sites for hydroxylation is 2. The lowest BCUT2D eigenvalue weighted by Gasteiger charge is -2.42. The molecule has 0 aliphatic carbocycles. The number of methoxy groups -OCH3 is 1. The molecule has 1 N–H and O–H groups in total. The highest BCUT2D eigenvalue weighted by molar-refractivity contribution is 5.33. The molecule has 1 atom stereocenters. The lowest BCUT2D eigenvalue weighted by Crippen LogP contribution is -2.46. The van der Waals surface area contributed by atoms with Crippen molar-refractivity contribution >= 4 is 5.95 Å². The zero-order valence-corrected chi connectivity index (χ0v) is 12.7. The summed E-state index contributed by atoms with van der Waals surface area (Å²) in [6.07, 6.45) is 2.97. The summed E-state index contributed by atoms with van der Waals surface area (Å²) >= 11 is 0. The normalized spacial score (nSPS) is 23.1. The molecule has 0 amide bonds. The van der Waals surface area contributed by atoms with E-state index in [1.165, 1.54) is 0 Å². The molecule has 1 aromatic rings. The SMILES string of the molecule is COCC[C@]1(CO)CCCN(c2nc(C)cc(C)n2)C1. The Labute approximate surface area is 121 Å². The van der Waals surface area contributed by atoms with E-state index in [1.54, 1.807) is 7.11 Å². The molecule has 1 aliphatic rings. The van der Waals surface area contributed by atoms with Crippen molar-refractivity contribution in [3.8, 4) is 0 Å². The maximum atomic E-state index is 9.82. The molecule has 112 valence electrons. The number of hydrogen-bond acceptors (Lipinski definition) is 5. The van der Waals surface area contributed by atoms with Crippen LogP contribution >= 0.6 is 0 Å². The van der Waals surface area contributed by atoms with Crippen molar-refractivity contribution in [2.45, 2.75) is 33.1 Å². The van der Waals surface area contributed by atoms with Crippen molar-refractivity contribution < 1.29 is 9.84 Å². The van der Waals surface area contributed by atoms with Gasteiger partial charge in [0.15, 0.2) is 0 Å². The summed E-state index contributed by atoms with van der Waals surface area (Å²) in [6.45, 7) is 6.62. The Morgan fingerprint density at radius 2 is 2.05 bits per heavy atom. The first kappa shape index (κ1) is 15.2. The Balaban J connectivity index is 2.16. The van der Waals surface area contributed by atoms with Gasteiger partial charge in [-0.3, -0.25) is 0 Å². The highest BCUT2D eigenvalue weighted by atomic mass is 16.5. The molecule has 2 rings (SSSR count). The maximum Gasteiger partial charge on any atom is 0.225 e. The van der Waals surface area contributed by atoms with Crippen LogP contribution in [0.5, 0.6) is 0 Å². The molecule has 1 aliphatic heterocycles. The van der Waals surface area contributed by atoms with Gasteiger partial charge in [-0.2, -0.15) is 0 Å². The number of nitrogens with zero attached hydrogens (tertiary/aromatic N) is 3. The first-order valence-electron chi connectivity index (χ1n) is 7.26. The molecule has 0 spiro atoms. The monoisotopic (exact) mass is 279 g/mol. The van der Waals surface area contributed by atoms with Crippen molar-refractivity contribution in [1.29, 1.82) is 0 Å². The van der Waals surface area contributed by atoms with Gasteiger partial charge in [0.1, 0.15) is 0 Å². The minimum Gasteiger partial charge on any atom is -0.396 e. The predicted molar refractivity (Wildman–Crippen MR) is 79.0 cm³/mol. The summed E-state index contributed by atoms with van der Waals surface area (Å²) in [5.41, 5.74) is 1.89. The highest BCUT2D eigenvalue weighted by Crippen LogP contribution is 2.34. The molecular formula is C15H25N3O2. The van der Waals surface area contributed by atoms with Crippen LogP contribution in [0.15, 0.2) is 6.07 Å². The number of hydrogen-bond donors (Lipinski definition) is 1. The van der Waals surface area contributed by atoms with Gasteiger partial charge in [-0.15, -0.1) is 0 Å². The van der Waals surface area contributed by atoms with Crippen molar-refractivity contribution in [2.24, 2.45) is 5.41 Å². The van der Waals surface area contributed by atoms with Crippen molar-refractivity contribution in [2.75, 3.05) is 38.3 Å². The van der Waals surface area contributed by atoms with Crippen LogP contribution in [0.3, 0.4) is 0 Å². The second kappa shape index (κ2) is 6.50. The van der Waals surface area contributed by atoms with Gasteiger partial charge in [0.2, 0.25) is 5.95 Å². The summed E-state index contributed by atoms with van der Waals surface area (Å²) in [4.78, 5) is 11.3. The van der Waals surface area contributed by atoms with E-state index >= 15 is 0 Å². The van der Waals surface area contributed by atoms with Gasteiger partial charge >= 0.3 is 0 Å². The molecule has 1 fully saturated rings. The van der Waals surface area contributed by atoms with Gasteiger partial charge in [0.05, 0.1) is 6.61 Å². The third kappa shape index (κ3) is 3.46. The number of aromatic nitrogens is 2. The summed E-state index contributed by atoms with van der Waals surface area (Å²) in [6, 6.07) is 1.98. The number of aliphatic hydroxyl groups excluding tert-OH is 1. The number of piperidine rings is 1. The fourth-order valence-corrected chi connectivity index (χ4v) is 2.96. The average Bonchev–Trinajstić information content (AvgIpc) is 2.44. The molecule has 1 aromatic heterocycles. The third-order valence-corrected chi connectivity index (χ3v) is 4.09. The number of rotatable bonds is 5. The van der Waals surface area contributed by atoms with E-state index in [9.17, 15) is 5.11 Å². The van der Waals surface area contributed by atoms with Crippen LogP contribution < -0.4 is 4.90 Å². The standard InChI is InChI=1S/C15H25N3O2/c1-12-9-13(2)17-14(16-12)18-7-4-5-15(10-18,11-19)6-8-20-3/h9,19H,4-8,10-11H2,1-3H3/t15-/m1/s1. The van der Waals surface area contributed by atoms with Crippen LogP contribution in [0.4, 0.5) is 5.95 Å². The quantitative estimate of drug-likeness (QED) is 0.889. The molecule has 1 saturated heterocycles. The van der Waals surface area contributed by atoms with Crippen LogP contribution in [0.2, 0.25) is 0 Å². The Hall–Kier alpha value is -1.20. The van der Waals surface area contributed by atoms with E-state index in [1.807, 2.05) is 19.9 Å². The Kier molecular flexibility index (Phi) is 4.94. The Bertz CT molecular complexity index is 432. The molecular weight excluding hydrogens is 254 g/mol. The first-order chi connectivity index (χ1) is 9.58. The van der Waals surface area contributed by atoms with Crippen LogP contribution in [0, 0.1) is 19.3 Å². The highest BCUT2D eigenvalue weighted by Gasteiger charge is 2.35. The van der Waals surface area contributed by atoms with Crippen molar-refractivity contribution in [3.05, 3.63) is 17.5 Å². The summed E-state index contributed by atoms with van der Waals surface area (Å²) in [5, 5.41) is 9.82. The van der Waals surface area contributed by atoms with Crippen LogP contribution in [-0.4, -0.2) is 48.5 Å². The zero-order chi connectivity index (χ0) is 14.6. The first-order valence-corrected chi connectivity index (χ1v) is 7.26. The van der Waals surface area contributed by atoms with Crippen LogP contribution in [0.25, 0.3) is 0 Å². The Morgan fingerprint density at radius 3 is 2.65 bits per heavy atom. The predicted octanol–water partition coefficient (Wildman–Crippen LogP) is 1.71. The number of aliphatic hydroxyl groups is 1. The number of ether oxygens (including phenoxy) is 1. The minimum absolute atomic E-state index is 0.0880. The van der Waals surface area contributed by atoms with Gasteiger partial charge in [-0.1, -0.05) is 0 Å². The molecule has 0 aromatic carbocycles. The lowest BCUT2D eigenvalue weighted by molar-refractivity contribution is 0.0622. The molecule has 0 radical (unpaired) electrons. The van der Waals surface area contributed by atoms with Gasteiger partial charge in [-0.05, 0) is 39.2 Å². The summed E-state index contributed by atoms with van der Waals surface area (Å²) in [5.74, 6) is 0.789. The van der Waals surface area contributed by atoms with Crippen LogP contribution in [0.1, 0.15) is 30.7 Å².